The number of aromatic nitrogens is 1. The Bertz CT molecular complexity index is 1630. The van der Waals surface area contributed by atoms with Gasteiger partial charge < -0.3 is 19.2 Å². The molecule has 0 aliphatic carbocycles. The van der Waals surface area contributed by atoms with Crippen molar-refractivity contribution in [1.29, 1.82) is 0 Å². The number of hydrogen-bond acceptors (Lipinski definition) is 5. The van der Waals surface area contributed by atoms with Crippen LogP contribution in [0.3, 0.4) is 0 Å². The van der Waals surface area contributed by atoms with Gasteiger partial charge in [-0.3, -0.25) is 4.90 Å². The van der Waals surface area contributed by atoms with Gasteiger partial charge in [0, 0.05) is 33.5 Å². The van der Waals surface area contributed by atoms with Crippen LogP contribution < -0.4 is 14.4 Å². The van der Waals surface area contributed by atoms with E-state index in [0.29, 0.717) is 12.2 Å². The Morgan fingerprint density at radius 1 is 0.868 bits per heavy atom. The number of ether oxygens (including phenoxy) is 3. The topological polar surface area (TPSA) is 63.8 Å². The Hall–Kier alpha value is -4.71. The molecule has 4 aromatic carbocycles. The number of aromatic amines is 1. The van der Waals surface area contributed by atoms with Crippen LogP contribution in [-0.2, 0) is 10.5 Å². The number of benzene rings is 4. The molecule has 0 fully saturated rings. The molecule has 0 radical (unpaired) electrons. The van der Waals surface area contributed by atoms with Crippen molar-refractivity contribution >= 4 is 28.2 Å². The number of fused-ring (bicyclic) bond motifs is 2. The molecule has 0 saturated heterocycles. The van der Waals surface area contributed by atoms with Crippen molar-refractivity contribution < 1.29 is 19.0 Å². The van der Waals surface area contributed by atoms with Crippen LogP contribution in [0, 0.1) is 6.92 Å². The van der Waals surface area contributed by atoms with Crippen LogP contribution in [0.1, 0.15) is 34.1 Å². The van der Waals surface area contributed by atoms with Gasteiger partial charge in [-0.25, -0.2) is 4.79 Å². The molecule has 1 aliphatic rings. The highest BCUT2D eigenvalue weighted by Gasteiger charge is 2.54. The highest BCUT2D eigenvalue weighted by atomic mass is 16.6. The predicted octanol–water partition coefficient (Wildman–Crippen LogP) is 7.09. The maximum Gasteiger partial charge on any atom is 0.341 e. The predicted molar refractivity (Wildman–Crippen MR) is 148 cm³/mol. The molecule has 6 heteroatoms. The fourth-order valence-electron chi connectivity index (χ4n) is 5.48. The van der Waals surface area contributed by atoms with Gasteiger partial charge in [0.15, 0.2) is 0 Å². The fraction of sp³-hybridized carbons (Fsp3) is 0.156. The number of aryl methyl sites for hydroxylation is 1. The third-order valence-electron chi connectivity index (χ3n) is 7.02. The highest BCUT2D eigenvalue weighted by Crippen LogP contribution is 2.53. The van der Waals surface area contributed by atoms with E-state index in [-0.39, 0.29) is 5.97 Å². The lowest BCUT2D eigenvalue weighted by atomic mass is 9.88. The molecule has 5 aromatic rings. The minimum atomic E-state index is -1.29. The monoisotopic (exact) mass is 504 g/mol. The lowest BCUT2D eigenvalue weighted by Gasteiger charge is -2.42. The van der Waals surface area contributed by atoms with Gasteiger partial charge in [0.25, 0.3) is 0 Å². The molecule has 1 unspecified atom stereocenters. The zero-order valence-corrected chi connectivity index (χ0v) is 21.5. The molecule has 190 valence electrons. The smallest absolute Gasteiger partial charge is 0.341 e. The molecule has 1 N–H and O–H groups in total. The number of cyclic esters (lactones) is 1. The zero-order valence-electron chi connectivity index (χ0n) is 21.5. The van der Waals surface area contributed by atoms with Crippen LogP contribution in [-0.4, -0.2) is 24.7 Å². The van der Waals surface area contributed by atoms with Crippen LogP contribution >= 0.6 is 0 Å². The van der Waals surface area contributed by atoms with E-state index in [2.05, 4.69) is 9.88 Å². The maximum absolute atomic E-state index is 13.5. The first-order chi connectivity index (χ1) is 18.6. The summed E-state index contributed by atoms with van der Waals surface area (Å²) in [4.78, 5) is 19.2. The van der Waals surface area contributed by atoms with E-state index in [9.17, 15) is 4.79 Å². The Morgan fingerprint density at radius 3 is 2.29 bits per heavy atom. The second kappa shape index (κ2) is 9.30. The summed E-state index contributed by atoms with van der Waals surface area (Å²) in [6, 6.07) is 31.4. The number of anilines is 2. The van der Waals surface area contributed by atoms with Crippen LogP contribution in [0.25, 0.3) is 10.9 Å². The van der Waals surface area contributed by atoms with E-state index in [4.69, 9.17) is 14.2 Å². The second-order valence-electron chi connectivity index (χ2n) is 9.21. The number of rotatable bonds is 7. The summed E-state index contributed by atoms with van der Waals surface area (Å²) >= 11 is 0. The van der Waals surface area contributed by atoms with E-state index in [0.717, 1.165) is 50.6 Å². The minimum Gasteiger partial charge on any atom is -0.497 e. The van der Waals surface area contributed by atoms with E-state index in [1.165, 1.54) is 0 Å². The summed E-state index contributed by atoms with van der Waals surface area (Å²) < 4.78 is 17.9. The van der Waals surface area contributed by atoms with Gasteiger partial charge in [0.2, 0.25) is 5.72 Å². The van der Waals surface area contributed by atoms with Crippen LogP contribution in [0.5, 0.6) is 11.5 Å². The van der Waals surface area contributed by atoms with Gasteiger partial charge in [0.1, 0.15) is 11.5 Å². The van der Waals surface area contributed by atoms with Crippen molar-refractivity contribution in [2.45, 2.75) is 19.6 Å². The standard InChI is InChI=1S/C32H28N2O4/c1-4-37-24-16-14-23(15-17-24)34(22-10-6-5-7-11-22)32(28-13-9-8-12-26(28)31(35)38-32)30-21(2)33-29-19-18-25(36-3)20-27(29)30/h5-20,33H,4H2,1-3H3. The number of nitrogens with one attached hydrogen (secondary N) is 1. The first kappa shape index (κ1) is 23.7. The summed E-state index contributed by atoms with van der Waals surface area (Å²) in [5.41, 5.74) is 4.41. The summed E-state index contributed by atoms with van der Waals surface area (Å²) in [6.45, 7) is 4.55. The summed E-state index contributed by atoms with van der Waals surface area (Å²) in [5, 5.41) is 0.915. The van der Waals surface area contributed by atoms with E-state index < -0.39 is 5.72 Å². The molecule has 38 heavy (non-hydrogen) atoms. The number of nitrogens with zero attached hydrogens (tertiary/aromatic N) is 1. The molecule has 0 bridgehead atoms. The molecule has 2 heterocycles. The molecular weight excluding hydrogens is 476 g/mol. The summed E-state index contributed by atoms with van der Waals surface area (Å²) in [7, 11) is 1.65. The minimum absolute atomic E-state index is 0.371. The maximum atomic E-state index is 13.5. The van der Waals surface area contributed by atoms with E-state index in [1.807, 2.05) is 111 Å². The lowest BCUT2D eigenvalue weighted by molar-refractivity contribution is 0.0137. The number of carbonyl (C=O) groups excluding carboxylic acids is 1. The van der Waals surface area contributed by atoms with E-state index in [1.54, 1.807) is 7.11 Å². The molecule has 6 nitrogen and oxygen atoms in total. The van der Waals surface area contributed by atoms with Crippen molar-refractivity contribution in [1.82, 2.24) is 4.98 Å². The largest absolute Gasteiger partial charge is 0.497 e. The number of para-hydroxylation sites is 1. The molecule has 1 aromatic heterocycles. The molecule has 1 aliphatic heterocycles. The quantitative estimate of drug-likeness (QED) is 0.240. The van der Waals surface area contributed by atoms with Crippen molar-refractivity contribution in [3.05, 3.63) is 119 Å². The molecule has 6 rings (SSSR count). The fourth-order valence-corrected chi connectivity index (χ4v) is 5.48. The van der Waals surface area contributed by atoms with Gasteiger partial charge in [-0.1, -0.05) is 36.4 Å². The Labute approximate surface area is 221 Å². The van der Waals surface area contributed by atoms with Crippen molar-refractivity contribution in [3.63, 3.8) is 0 Å². The molecule has 1 atom stereocenters. The number of methoxy groups -OCH3 is 1. The molecule has 0 amide bonds. The first-order valence-corrected chi connectivity index (χ1v) is 12.6. The van der Waals surface area contributed by atoms with Gasteiger partial charge in [0.05, 0.1) is 24.8 Å². The number of esters is 1. The summed E-state index contributed by atoms with van der Waals surface area (Å²) in [5.74, 6) is 1.12. The number of carbonyl (C=O) groups is 1. The van der Waals surface area contributed by atoms with Crippen molar-refractivity contribution in [3.8, 4) is 11.5 Å². The third-order valence-corrected chi connectivity index (χ3v) is 7.02. The normalized spacial score (nSPS) is 16.2. The molecular formula is C32H28N2O4. The Balaban J connectivity index is 1.72. The van der Waals surface area contributed by atoms with E-state index >= 15 is 0 Å². The average molecular weight is 505 g/mol. The average Bonchev–Trinajstić information content (AvgIpc) is 3.43. The third kappa shape index (κ3) is 3.60. The first-order valence-electron chi connectivity index (χ1n) is 12.6. The van der Waals surface area contributed by atoms with Crippen molar-refractivity contribution in [2.24, 2.45) is 0 Å². The Morgan fingerprint density at radius 2 is 1.55 bits per heavy atom. The van der Waals surface area contributed by atoms with Gasteiger partial charge in [-0.2, -0.15) is 0 Å². The highest BCUT2D eigenvalue weighted by molar-refractivity contribution is 5.99. The van der Waals surface area contributed by atoms with Gasteiger partial charge >= 0.3 is 5.97 Å². The van der Waals surface area contributed by atoms with Crippen LogP contribution in [0.4, 0.5) is 11.4 Å². The van der Waals surface area contributed by atoms with Gasteiger partial charge in [-0.05, 0) is 74.5 Å². The zero-order chi connectivity index (χ0) is 26.3. The molecule has 0 spiro atoms. The Kier molecular flexibility index (Phi) is 5.80. The number of hydrogen-bond donors (Lipinski definition) is 1. The van der Waals surface area contributed by atoms with Crippen LogP contribution in [0.2, 0.25) is 0 Å². The number of H-pyrrole nitrogens is 1. The molecule has 0 saturated carbocycles. The SMILES string of the molecule is CCOc1ccc(N(c2ccccc2)C2(c3c(C)[nH]c4ccc(OC)cc34)OC(=O)c3ccccc32)cc1. The lowest BCUT2D eigenvalue weighted by Crippen LogP contribution is -2.45. The van der Waals surface area contributed by atoms with Crippen molar-refractivity contribution in [2.75, 3.05) is 18.6 Å². The van der Waals surface area contributed by atoms with Gasteiger partial charge in [-0.15, -0.1) is 0 Å². The second-order valence-corrected chi connectivity index (χ2v) is 9.21. The summed E-state index contributed by atoms with van der Waals surface area (Å²) in [6.07, 6.45) is 0. The van der Waals surface area contributed by atoms with Crippen LogP contribution in [0.15, 0.2) is 97.1 Å².